The summed E-state index contributed by atoms with van der Waals surface area (Å²) in [4.78, 5) is 17.1. The van der Waals surface area contributed by atoms with Crippen molar-refractivity contribution in [3.63, 3.8) is 0 Å². The first kappa shape index (κ1) is 12.5. The molecule has 17 heavy (non-hydrogen) atoms. The maximum absolute atomic E-state index is 11.7. The van der Waals surface area contributed by atoms with Crippen LogP contribution in [0.5, 0.6) is 0 Å². The molecule has 1 N–H and O–H groups in total. The average Bonchev–Trinajstić information content (AvgIpc) is 2.94. The van der Waals surface area contributed by atoms with Gasteiger partial charge in [0.05, 0.1) is 4.88 Å². The van der Waals surface area contributed by atoms with Crippen LogP contribution in [-0.4, -0.2) is 17.4 Å². The van der Waals surface area contributed by atoms with Crippen LogP contribution in [0.15, 0.2) is 34.0 Å². The summed E-state index contributed by atoms with van der Waals surface area (Å²) < 4.78 is 0.736. The third kappa shape index (κ3) is 3.24. The van der Waals surface area contributed by atoms with Gasteiger partial charge in [-0.25, -0.2) is 4.98 Å². The van der Waals surface area contributed by atoms with Crippen molar-refractivity contribution in [3.05, 3.63) is 39.6 Å². The number of rotatable bonds is 4. The first-order valence-corrected chi connectivity index (χ1v) is 7.33. The van der Waals surface area contributed by atoms with Crippen LogP contribution < -0.4 is 5.32 Å². The van der Waals surface area contributed by atoms with Crippen molar-refractivity contribution in [1.82, 2.24) is 10.3 Å². The molecular weight excluding hydrogens is 320 g/mol. The lowest BCUT2D eigenvalue weighted by atomic mass is 10.4. The molecule has 0 aliphatic rings. The molecule has 0 unspecified atom stereocenters. The molecule has 88 valence electrons. The first-order valence-electron chi connectivity index (χ1n) is 4.77. The van der Waals surface area contributed by atoms with Crippen LogP contribution in [0.3, 0.4) is 0 Å². The Kier molecular flexibility index (Phi) is 4.09. The van der Waals surface area contributed by atoms with Gasteiger partial charge < -0.3 is 5.32 Å². The van der Waals surface area contributed by atoms with Crippen LogP contribution in [0.4, 0.5) is 0 Å². The number of nitrogens with zero attached hydrogens (tertiary/aromatic N) is 1. The van der Waals surface area contributed by atoms with Crippen LogP contribution >= 0.6 is 38.6 Å². The maximum atomic E-state index is 11.7. The van der Waals surface area contributed by atoms with Crippen molar-refractivity contribution in [1.29, 1.82) is 0 Å². The highest BCUT2D eigenvalue weighted by atomic mass is 79.9. The molecule has 2 aromatic heterocycles. The Labute approximate surface area is 115 Å². The third-order valence-corrected chi connectivity index (χ3v) is 4.07. The van der Waals surface area contributed by atoms with Gasteiger partial charge in [0.2, 0.25) is 0 Å². The molecule has 0 spiro atoms. The molecule has 0 aliphatic heterocycles. The molecule has 0 radical (unpaired) electrons. The van der Waals surface area contributed by atoms with Crippen molar-refractivity contribution in [2.24, 2.45) is 0 Å². The fourth-order valence-corrected chi connectivity index (χ4v) is 2.91. The van der Waals surface area contributed by atoms with Crippen LogP contribution in [0.25, 0.3) is 9.88 Å². The van der Waals surface area contributed by atoms with Crippen LogP contribution in [0, 0.1) is 0 Å². The summed E-state index contributed by atoms with van der Waals surface area (Å²) in [6.07, 6.45) is 0. The molecular formula is C11H9BrN2OS2. The summed E-state index contributed by atoms with van der Waals surface area (Å²) in [5, 5.41) is 7.35. The molecule has 0 atom stereocenters. The summed E-state index contributed by atoms with van der Waals surface area (Å²) in [5.74, 6) is -0.176. The summed E-state index contributed by atoms with van der Waals surface area (Å²) in [5.41, 5.74) is 0.451. The molecule has 0 saturated carbocycles. The summed E-state index contributed by atoms with van der Waals surface area (Å²) in [6, 6.07) is 3.96. The summed E-state index contributed by atoms with van der Waals surface area (Å²) in [7, 11) is 0. The van der Waals surface area contributed by atoms with E-state index in [2.05, 4.69) is 32.8 Å². The van der Waals surface area contributed by atoms with E-state index >= 15 is 0 Å². The average molecular weight is 329 g/mol. The lowest BCUT2D eigenvalue weighted by Gasteiger charge is -1.99. The van der Waals surface area contributed by atoms with Gasteiger partial charge in [0.15, 0.2) is 0 Å². The van der Waals surface area contributed by atoms with Crippen molar-refractivity contribution >= 4 is 44.5 Å². The van der Waals surface area contributed by atoms with E-state index in [4.69, 9.17) is 0 Å². The summed E-state index contributed by atoms with van der Waals surface area (Å²) >= 11 is 6.27. The van der Waals surface area contributed by atoms with Crippen LogP contribution in [0.1, 0.15) is 10.5 Å². The van der Waals surface area contributed by atoms with E-state index in [1.165, 1.54) is 11.3 Å². The largest absolute Gasteiger partial charge is 0.346 e. The Hall–Kier alpha value is -0.980. The van der Waals surface area contributed by atoms with Gasteiger partial charge in [-0.2, -0.15) is 0 Å². The topological polar surface area (TPSA) is 42.0 Å². The van der Waals surface area contributed by atoms with Crippen molar-refractivity contribution in [2.45, 2.75) is 0 Å². The van der Waals surface area contributed by atoms with Gasteiger partial charge in [0.25, 0.3) is 5.91 Å². The lowest BCUT2D eigenvalue weighted by Crippen LogP contribution is -2.24. The normalized spacial score (nSPS) is 10.2. The van der Waals surface area contributed by atoms with Gasteiger partial charge in [-0.3, -0.25) is 4.79 Å². The molecule has 0 aliphatic carbocycles. The number of amides is 1. The Balaban J connectivity index is 2.08. The van der Waals surface area contributed by atoms with Crippen molar-refractivity contribution < 1.29 is 4.79 Å². The van der Waals surface area contributed by atoms with Crippen molar-refractivity contribution in [2.75, 3.05) is 6.54 Å². The number of hydrogen-bond acceptors (Lipinski definition) is 4. The molecule has 2 heterocycles. The zero-order chi connectivity index (χ0) is 12.3. The van der Waals surface area contributed by atoms with E-state index in [1.807, 2.05) is 17.5 Å². The number of nitrogens with one attached hydrogen (secondary N) is 1. The number of thiazole rings is 1. The lowest BCUT2D eigenvalue weighted by molar-refractivity contribution is 0.0953. The van der Waals surface area contributed by atoms with E-state index in [0.717, 1.165) is 14.4 Å². The molecule has 1 amide bonds. The number of aromatic nitrogens is 1. The Bertz CT molecular complexity index is 533. The van der Waals surface area contributed by atoms with E-state index in [0.29, 0.717) is 12.2 Å². The van der Waals surface area contributed by atoms with Gasteiger partial charge in [0, 0.05) is 16.4 Å². The zero-order valence-corrected chi connectivity index (χ0v) is 12.0. The fraction of sp³-hybridized carbons (Fsp3) is 0.0909. The highest BCUT2D eigenvalue weighted by Crippen LogP contribution is 2.27. The van der Waals surface area contributed by atoms with E-state index in [1.54, 1.807) is 16.7 Å². The van der Waals surface area contributed by atoms with Gasteiger partial charge in [-0.15, -0.1) is 22.7 Å². The Morgan fingerprint density at radius 3 is 3.00 bits per heavy atom. The summed E-state index contributed by atoms with van der Waals surface area (Å²) in [6.45, 7) is 4.06. The zero-order valence-electron chi connectivity index (χ0n) is 8.77. The standard InChI is InChI=1S/C11H9BrN2OS2/c1-7(12)5-13-10(15)8-6-17-11(14-8)9-3-2-4-16-9/h2-4,6H,1,5H2,(H,13,15). The van der Waals surface area contributed by atoms with Crippen LogP contribution in [0.2, 0.25) is 0 Å². The predicted molar refractivity (Wildman–Crippen MR) is 75.8 cm³/mol. The molecule has 2 aromatic rings. The minimum atomic E-state index is -0.176. The molecule has 0 aromatic carbocycles. The molecule has 2 rings (SSSR count). The molecule has 3 nitrogen and oxygen atoms in total. The number of carbonyl (C=O) groups is 1. The number of thiophene rings is 1. The van der Waals surface area contributed by atoms with Gasteiger partial charge in [-0.1, -0.05) is 28.6 Å². The highest BCUT2D eigenvalue weighted by molar-refractivity contribution is 9.11. The SMILES string of the molecule is C=C(Br)CNC(=O)c1csc(-c2cccs2)n1. The predicted octanol–water partition coefficient (Wildman–Crippen LogP) is 3.51. The minimum absolute atomic E-state index is 0.176. The second-order valence-electron chi connectivity index (χ2n) is 3.22. The molecule has 0 saturated heterocycles. The van der Waals surface area contributed by atoms with Gasteiger partial charge >= 0.3 is 0 Å². The maximum Gasteiger partial charge on any atom is 0.271 e. The van der Waals surface area contributed by atoms with E-state index < -0.39 is 0 Å². The van der Waals surface area contributed by atoms with Gasteiger partial charge in [0.1, 0.15) is 10.7 Å². The number of halogens is 1. The van der Waals surface area contributed by atoms with Gasteiger partial charge in [-0.05, 0) is 11.4 Å². The van der Waals surface area contributed by atoms with E-state index in [9.17, 15) is 4.79 Å². The smallest absolute Gasteiger partial charge is 0.271 e. The Morgan fingerprint density at radius 2 is 2.35 bits per heavy atom. The number of carbonyl (C=O) groups excluding carboxylic acids is 1. The monoisotopic (exact) mass is 328 g/mol. The van der Waals surface area contributed by atoms with E-state index in [-0.39, 0.29) is 5.91 Å². The van der Waals surface area contributed by atoms with Crippen LogP contribution in [-0.2, 0) is 0 Å². The Morgan fingerprint density at radius 1 is 1.53 bits per heavy atom. The molecule has 6 heteroatoms. The third-order valence-electron chi connectivity index (χ3n) is 1.91. The second kappa shape index (κ2) is 5.57. The second-order valence-corrected chi connectivity index (χ2v) is 6.14. The fourth-order valence-electron chi connectivity index (χ4n) is 1.16. The number of hydrogen-bond donors (Lipinski definition) is 1. The molecule has 0 bridgehead atoms. The first-order chi connectivity index (χ1) is 8.16. The van der Waals surface area contributed by atoms with Crippen molar-refractivity contribution in [3.8, 4) is 9.88 Å². The quantitative estimate of drug-likeness (QED) is 0.933. The molecule has 0 fully saturated rings. The highest BCUT2D eigenvalue weighted by Gasteiger charge is 2.11. The minimum Gasteiger partial charge on any atom is -0.346 e.